The number of hydrogen-bond acceptors (Lipinski definition) is 6. The van der Waals surface area contributed by atoms with Crippen LogP contribution >= 0.6 is 0 Å². The Morgan fingerprint density at radius 1 is 1.17 bits per heavy atom. The molecule has 6 nitrogen and oxygen atoms in total. The molecule has 0 aliphatic carbocycles. The summed E-state index contributed by atoms with van der Waals surface area (Å²) in [5.74, 6) is 2.18. The average molecular weight is 413 g/mol. The molecule has 2 fully saturated rings. The van der Waals surface area contributed by atoms with E-state index in [0.717, 1.165) is 30.8 Å². The third-order valence-corrected chi connectivity index (χ3v) is 5.91. The molecule has 1 aromatic heterocycles. The van der Waals surface area contributed by atoms with Gasteiger partial charge in [-0.2, -0.15) is 4.39 Å². The molecular formula is C23H29FN4O2. The van der Waals surface area contributed by atoms with E-state index in [1.54, 1.807) is 6.92 Å². The standard InChI is InChI=1S/C23H29FN4O2/c1-15-11-28(12-15)23-21(24)22(25-14-26-23)27-9-8-20(13-27)30-19-6-4-18(5-7-19)16(2)10-17(3)29/h4-7,14-16,20H,8-13H2,1-3H3/t16-,20-/m1/s1. The van der Waals surface area contributed by atoms with E-state index in [1.807, 2.05) is 34.1 Å². The molecule has 0 amide bonds. The molecule has 2 aliphatic rings. The van der Waals surface area contributed by atoms with Crippen LogP contribution in [0.2, 0.25) is 0 Å². The van der Waals surface area contributed by atoms with Gasteiger partial charge in [-0.1, -0.05) is 26.0 Å². The maximum Gasteiger partial charge on any atom is 0.208 e. The number of benzene rings is 1. The first-order valence-corrected chi connectivity index (χ1v) is 10.7. The highest BCUT2D eigenvalue weighted by Gasteiger charge is 2.31. The van der Waals surface area contributed by atoms with Crippen molar-refractivity contribution in [2.24, 2.45) is 5.92 Å². The minimum Gasteiger partial charge on any atom is -0.489 e. The molecule has 2 saturated heterocycles. The highest BCUT2D eigenvalue weighted by Crippen LogP contribution is 2.31. The van der Waals surface area contributed by atoms with Gasteiger partial charge in [-0.3, -0.25) is 0 Å². The lowest BCUT2D eigenvalue weighted by atomic mass is 9.96. The number of ether oxygens (including phenoxy) is 1. The minimum atomic E-state index is -0.339. The molecule has 160 valence electrons. The van der Waals surface area contributed by atoms with Crippen molar-refractivity contribution in [1.29, 1.82) is 0 Å². The Kier molecular flexibility index (Phi) is 5.88. The normalized spacial score (nSPS) is 20.2. The zero-order valence-corrected chi connectivity index (χ0v) is 17.8. The number of hydrogen-bond donors (Lipinski definition) is 0. The molecule has 0 bridgehead atoms. The number of aromatic nitrogens is 2. The number of ketones is 1. The molecule has 4 rings (SSSR count). The Hall–Kier alpha value is -2.70. The summed E-state index contributed by atoms with van der Waals surface area (Å²) in [6.45, 7) is 8.77. The number of rotatable bonds is 7. The Balaban J connectivity index is 1.37. The highest BCUT2D eigenvalue weighted by atomic mass is 19.1. The Morgan fingerprint density at radius 3 is 2.47 bits per heavy atom. The van der Waals surface area contributed by atoms with Gasteiger partial charge in [0.15, 0.2) is 11.6 Å². The molecule has 1 aromatic carbocycles. The van der Waals surface area contributed by atoms with Crippen molar-refractivity contribution in [2.75, 3.05) is 36.0 Å². The second-order valence-electron chi connectivity index (χ2n) is 8.70. The topological polar surface area (TPSA) is 58.6 Å². The van der Waals surface area contributed by atoms with Gasteiger partial charge in [0, 0.05) is 32.5 Å². The lowest BCUT2D eigenvalue weighted by Gasteiger charge is -2.38. The van der Waals surface area contributed by atoms with Crippen LogP contribution in [0, 0.1) is 11.7 Å². The summed E-state index contributed by atoms with van der Waals surface area (Å²) in [5, 5.41) is 0. The van der Waals surface area contributed by atoms with Gasteiger partial charge in [-0.25, -0.2) is 9.97 Å². The van der Waals surface area contributed by atoms with Crippen LogP contribution in [0.15, 0.2) is 30.6 Å². The van der Waals surface area contributed by atoms with Gasteiger partial charge in [0.05, 0.1) is 6.54 Å². The second-order valence-corrected chi connectivity index (χ2v) is 8.70. The second kappa shape index (κ2) is 8.58. The third kappa shape index (κ3) is 4.40. The molecule has 3 heterocycles. The zero-order valence-electron chi connectivity index (χ0n) is 17.8. The third-order valence-electron chi connectivity index (χ3n) is 5.91. The van der Waals surface area contributed by atoms with Gasteiger partial charge in [-0.05, 0) is 36.5 Å². The Morgan fingerprint density at radius 2 is 1.83 bits per heavy atom. The predicted octanol–water partition coefficient (Wildman–Crippen LogP) is 3.81. The largest absolute Gasteiger partial charge is 0.489 e. The van der Waals surface area contributed by atoms with Crippen molar-refractivity contribution in [1.82, 2.24) is 9.97 Å². The summed E-state index contributed by atoms with van der Waals surface area (Å²) in [5.41, 5.74) is 1.13. The van der Waals surface area contributed by atoms with Crippen molar-refractivity contribution in [3.8, 4) is 5.75 Å². The summed E-state index contributed by atoms with van der Waals surface area (Å²) in [6, 6.07) is 7.92. The van der Waals surface area contributed by atoms with Gasteiger partial charge < -0.3 is 19.3 Å². The van der Waals surface area contributed by atoms with Gasteiger partial charge in [0.2, 0.25) is 5.82 Å². The lowest BCUT2D eigenvalue weighted by molar-refractivity contribution is -0.117. The fraction of sp³-hybridized carbons (Fsp3) is 0.522. The molecule has 0 radical (unpaired) electrons. The van der Waals surface area contributed by atoms with Gasteiger partial charge in [-0.15, -0.1) is 0 Å². The first-order valence-electron chi connectivity index (χ1n) is 10.7. The quantitative estimate of drug-likeness (QED) is 0.689. The number of Topliss-reactive ketones (excluding diaryl/α,β-unsaturated/α-hetero) is 1. The molecular weight excluding hydrogens is 383 g/mol. The summed E-state index contributed by atoms with van der Waals surface area (Å²) in [7, 11) is 0. The summed E-state index contributed by atoms with van der Waals surface area (Å²) in [4.78, 5) is 23.6. The fourth-order valence-electron chi connectivity index (χ4n) is 4.30. The van der Waals surface area contributed by atoms with Crippen molar-refractivity contribution in [3.63, 3.8) is 0 Å². The molecule has 2 aliphatic heterocycles. The molecule has 2 aromatic rings. The van der Waals surface area contributed by atoms with E-state index < -0.39 is 0 Å². The first-order chi connectivity index (χ1) is 14.4. The monoisotopic (exact) mass is 412 g/mol. The highest BCUT2D eigenvalue weighted by molar-refractivity contribution is 5.76. The SMILES string of the molecule is CC(=O)C[C@@H](C)c1ccc(O[C@@H]2CCN(c3ncnc(N4CC(C)C4)c3F)C2)cc1. The van der Waals surface area contributed by atoms with E-state index in [-0.39, 0.29) is 23.6 Å². The predicted molar refractivity (Wildman–Crippen MR) is 115 cm³/mol. The molecule has 0 N–H and O–H groups in total. The first kappa shape index (κ1) is 20.6. The van der Waals surface area contributed by atoms with E-state index in [9.17, 15) is 4.79 Å². The fourth-order valence-corrected chi connectivity index (χ4v) is 4.30. The Bertz CT molecular complexity index is 899. The van der Waals surface area contributed by atoms with E-state index in [4.69, 9.17) is 4.74 Å². The molecule has 0 spiro atoms. The number of carbonyl (C=O) groups is 1. The minimum absolute atomic E-state index is 0.0210. The maximum atomic E-state index is 15.0. The smallest absolute Gasteiger partial charge is 0.208 e. The molecule has 30 heavy (non-hydrogen) atoms. The van der Waals surface area contributed by atoms with Crippen LogP contribution in [-0.4, -0.2) is 48.0 Å². The van der Waals surface area contributed by atoms with E-state index in [2.05, 4.69) is 23.8 Å². The summed E-state index contributed by atoms with van der Waals surface area (Å²) >= 11 is 0. The van der Waals surface area contributed by atoms with Crippen molar-refractivity contribution in [2.45, 2.75) is 45.6 Å². The Labute approximate surface area is 177 Å². The van der Waals surface area contributed by atoms with Gasteiger partial charge in [0.1, 0.15) is 24.0 Å². The maximum absolute atomic E-state index is 15.0. The van der Waals surface area contributed by atoms with Crippen LogP contribution in [0.1, 0.15) is 45.1 Å². The molecule has 0 unspecified atom stereocenters. The zero-order chi connectivity index (χ0) is 21.3. The number of nitrogens with zero attached hydrogens (tertiary/aromatic N) is 4. The van der Waals surface area contributed by atoms with Crippen LogP contribution in [0.5, 0.6) is 5.75 Å². The molecule has 2 atom stereocenters. The van der Waals surface area contributed by atoms with Crippen LogP contribution in [0.3, 0.4) is 0 Å². The summed E-state index contributed by atoms with van der Waals surface area (Å²) < 4.78 is 21.1. The number of anilines is 2. The van der Waals surface area contributed by atoms with Crippen LogP contribution in [0.4, 0.5) is 16.0 Å². The van der Waals surface area contributed by atoms with Crippen molar-refractivity contribution in [3.05, 3.63) is 42.0 Å². The summed E-state index contributed by atoms with van der Waals surface area (Å²) in [6.07, 6.45) is 2.78. The number of halogens is 1. The van der Waals surface area contributed by atoms with Crippen LogP contribution in [0.25, 0.3) is 0 Å². The molecule has 0 saturated carbocycles. The van der Waals surface area contributed by atoms with Crippen molar-refractivity contribution < 1.29 is 13.9 Å². The van der Waals surface area contributed by atoms with Gasteiger partial charge >= 0.3 is 0 Å². The lowest BCUT2D eigenvalue weighted by Crippen LogP contribution is -2.46. The van der Waals surface area contributed by atoms with Crippen LogP contribution < -0.4 is 14.5 Å². The van der Waals surface area contributed by atoms with E-state index in [0.29, 0.717) is 37.1 Å². The van der Waals surface area contributed by atoms with E-state index >= 15 is 4.39 Å². The van der Waals surface area contributed by atoms with E-state index in [1.165, 1.54) is 6.33 Å². The van der Waals surface area contributed by atoms with Gasteiger partial charge in [0.25, 0.3) is 0 Å². The molecule has 7 heteroatoms. The number of carbonyl (C=O) groups excluding carboxylic acids is 1. The average Bonchev–Trinajstić information content (AvgIpc) is 3.14. The van der Waals surface area contributed by atoms with Crippen molar-refractivity contribution >= 4 is 17.4 Å². The van der Waals surface area contributed by atoms with Crippen LogP contribution in [-0.2, 0) is 4.79 Å².